The molecule has 4 nitrogen and oxygen atoms in total. The van der Waals surface area contributed by atoms with Gasteiger partial charge in [-0.05, 0) is 19.3 Å². The molecule has 0 aromatic rings. The highest BCUT2D eigenvalue weighted by Crippen LogP contribution is 2.08. The second-order valence-corrected chi connectivity index (χ2v) is 3.55. The maximum absolute atomic E-state index is 11.1. The minimum atomic E-state index is -0.121. The lowest BCUT2D eigenvalue weighted by atomic mass is 10.0. The van der Waals surface area contributed by atoms with Gasteiger partial charge in [0.2, 0.25) is 0 Å². The Hall–Kier alpha value is -0.160. The number of nitrogens with one attached hydrogen (secondary N) is 1. The summed E-state index contributed by atoms with van der Waals surface area (Å²) in [6, 6.07) is -0.00291. The molecule has 0 spiro atoms. The van der Waals surface area contributed by atoms with Gasteiger partial charge < -0.3 is 9.94 Å². The number of hydrogen-bond acceptors (Lipinski definition) is 3. The molecule has 0 aliphatic rings. The molecule has 0 saturated heterocycles. The topological polar surface area (TPSA) is 46.0 Å². The van der Waals surface area contributed by atoms with Crippen molar-refractivity contribution in [3.63, 3.8) is 0 Å². The zero-order chi connectivity index (χ0) is 10.3. The van der Waals surface area contributed by atoms with Gasteiger partial charge in [0.15, 0.2) is 0 Å². The summed E-state index contributed by atoms with van der Waals surface area (Å²) in [4.78, 5) is 4.65. The van der Waals surface area contributed by atoms with Crippen molar-refractivity contribution in [1.82, 2.24) is 0 Å². The Balaban J connectivity index is 3.57. The normalized spacial score (nSPS) is 18.2. The SMILES string of the molecule is COCC[C@@H](C)C[C@H](C)[NH+]([O-])OC. The zero-order valence-electron chi connectivity index (χ0n) is 9.00. The summed E-state index contributed by atoms with van der Waals surface area (Å²) in [7, 11) is 3.12. The summed E-state index contributed by atoms with van der Waals surface area (Å²) < 4.78 is 4.96. The van der Waals surface area contributed by atoms with Gasteiger partial charge in [0, 0.05) is 20.1 Å². The summed E-state index contributed by atoms with van der Waals surface area (Å²) in [6.45, 7) is 4.78. The lowest BCUT2D eigenvalue weighted by Crippen LogP contribution is -3.09. The first-order valence-electron chi connectivity index (χ1n) is 4.68. The number of quaternary nitrogens is 1. The molecule has 1 unspecified atom stereocenters. The quantitative estimate of drug-likeness (QED) is 0.592. The highest BCUT2D eigenvalue weighted by Gasteiger charge is 2.13. The summed E-state index contributed by atoms with van der Waals surface area (Å²) >= 11 is 0. The monoisotopic (exact) mass is 191 g/mol. The molecule has 0 saturated carbocycles. The third-order valence-corrected chi connectivity index (χ3v) is 2.17. The molecule has 0 amide bonds. The lowest BCUT2D eigenvalue weighted by Gasteiger charge is -2.26. The highest BCUT2D eigenvalue weighted by molar-refractivity contribution is 4.56. The molecule has 0 heterocycles. The van der Waals surface area contributed by atoms with Gasteiger partial charge >= 0.3 is 0 Å². The molecular weight excluding hydrogens is 170 g/mol. The van der Waals surface area contributed by atoms with Crippen LogP contribution >= 0.6 is 0 Å². The van der Waals surface area contributed by atoms with Crippen LogP contribution in [0.15, 0.2) is 0 Å². The van der Waals surface area contributed by atoms with Crippen LogP contribution in [0.25, 0.3) is 0 Å². The Bertz CT molecular complexity index is 121. The van der Waals surface area contributed by atoms with Crippen LogP contribution in [-0.4, -0.2) is 26.9 Å². The van der Waals surface area contributed by atoms with E-state index in [1.165, 1.54) is 7.11 Å². The number of methoxy groups -OCH3 is 1. The fourth-order valence-corrected chi connectivity index (χ4v) is 1.34. The van der Waals surface area contributed by atoms with E-state index in [4.69, 9.17) is 4.74 Å². The summed E-state index contributed by atoms with van der Waals surface area (Å²) in [5.41, 5.74) is 0. The third kappa shape index (κ3) is 5.99. The van der Waals surface area contributed by atoms with E-state index in [0.29, 0.717) is 5.92 Å². The fraction of sp³-hybridized carbons (Fsp3) is 1.00. The highest BCUT2D eigenvalue weighted by atomic mass is 16.9. The molecule has 0 aliphatic heterocycles. The lowest BCUT2D eigenvalue weighted by molar-refractivity contribution is -1.07. The average molecular weight is 191 g/mol. The van der Waals surface area contributed by atoms with E-state index >= 15 is 0 Å². The molecule has 0 aromatic heterocycles. The second-order valence-electron chi connectivity index (χ2n) is 3.55. The van der Waals surface area contributed by atoms with E-state index in [-0.39, 0.29) is 11.3 Å². The van der Waals surface area contributed by atoms with E-state index in [9.17, 15) is 5.21 Å². The van der Waals surface area contributed by atoms with Crippen molar-refractivity contribution in [2.75, 3.05) is 20.8 Å². The van der Waals surface area contributed by atoms with Crippen molar-refractivity contribution < 1.29 is 14.8 Å². The smallest absolute Gasteiger partial charge is 0.114 e. The molecule has 0 radical (unpaired) electrons. The van der Waals surface area contributed by atoms with Crippen LogP contribution in [0.3, 0.4) is 0 Å². The van der Waals surface area contributed by atoms with Crippen molar-refractivity contribution >= 4 is 0 Å². The first kappa shape index (κ1) is 12.8. The van der Waals surface area contributed by atoms with Crippen molar-refractivity contribution in [3.8, 4) is 0 Å². The van der Waals surface area contributed by atoms with Gasteiger partial charge in [0.25, 0.3) is 0 Å². The van der Waals surface area contributed by atoms with Gasteiger partial charge in [0.05, 0.1) is 7.11 Å². The molecule has 0 aliphatic carbocycles. The predicted molar refractivity (Wildman–Crippen MR) is 51.1 cm³/mol. The van der Waals surface area contributed by atoms with Gasteiger partial charge in [-0.3, -0.25) is 0 Å². The molecule has 1 N–H and O–H groups in total. The Morgan fingerprint density at radius 1 is 1.31 bits per heavy atom. The molecule has 0 bridgehead atoms. The van der Waals surface area contributed by atoms with E-state index in [1.807, 2.05) is 6.92 Å². The average Bonchev–Trinajstić information content (AvgIpc) is 2.13. The van der Waals surface area contributed by atoms with E-state index in [1.54, 1.807) is 7.11 Å². The van der Waals surface area contributed by atoms with Gasteiger partial charge in [-0.25, -0.2) is 10.1 Å². The van der Waals surface area contributed by atoms with Crippen LogP contribution in [0.4, 0.5) is 0 Å². The van der Waals surface area contributed by atoms with Crippen LogP contribution in [0.1, 0.15) is 26.7 Å². The number of hydrogen-bond donors (Lipinski definition) is 1. The third-order valence-electron chi connectivity index (χ3n) is 2.17. The van der Waals surface area contributed by atoms with Crippen molar-refractivity contribution in [2.45, 2.75) is 32.7 Å². The van der Waals surface area contributed by atoms with E-state index in [2.05, 4.69) is 11.8 Å². The predicted octanol–water partition coefficient (Wildman–Crippen LogP) is 0.382. The zero-order valence-corrected chi connectivity index (χ0v) is 9.00. The Kier molecular flexibility index (Phi) is 7.17. The minimum absolute atomic E-state index is 0.00291. The van der Waals surface area contributed by atoms with Crippen LogP contribution in [0, 0.1) is 11.1 Å². The van der Waals surface area contributed by atoms with Crippen LogP contribution < -0.4 is 5.23 Å². The molecule has 0 fully saturated rings. The maximum atomic E-state index is 11.1. The first-order valence-corrected chi connectivity index (χ1v) is 4.68. The van der Waals surface area contributed by atoms with Crippen molar-refractivity contribution in [1.29, 1.82) is 0 Å². The van der Waals surface area contributed by atoms with Gasteiger partial charge in [-0.2, -0.15) is 0 Å². The van der Waals surface area contributed by atoms with E-state index in [0.717, 1.165) is 19.4 Å². The molecule has 0 aromatic carbocycles. The molecular formula is C9H21NO3. The van der Waals surface area contributed by atoms with E-state index < -0.39 is 0 Å². The molecule has 80 valence electrons. The number of rotatable bonds is 7. The van der Waals surface area contributed by atoms with Crippen LogP contribution in [-0.2, 0) is 9.57 Å². The minimum Gasteiger partial charge on any atom is -0.600 e. The van der Waals surface area contributed by atoms with Gasteiger partial charge in [-0.15, -0.1) is 0 Å². The molecule has 4 heteroatoms. The summed E-state index contributed by atoms with van der Waals surface area (Å²) in [5.74, 6) is 0.508. The maximum Gasteiger partial charge on any atom is 0.114 e. The van der Waals surface area contributed by atoms with Crippen LogP contribution in [0.2, 0.25) is 0 Å². The molecule has 3 atom stereocenters. The first-order chi connectivity index (χ1) is 6.11. The standard InChI is InChI=1S/C9H21NO3/c1-8(5-6-12-3)7-9(2)10(11)13-4/h8-10H,5-7H2,1-4H3/t8-,9+/m1/s1. The largest absolute Gasteiger partial charge is 0.600 e. The van der Waals surface area contributed by atoms with Gasteiger partial charge in [-0.1, -0.05) is 6.92 Å². The van der Waals surface area contributed by atoms with Crippen molar-refractivity contribution in [2.24, 2.45) is 5.92 Å². The number of hydroxylamine groups is 2. The Morgan fingerprint density at radius 3 is 2.38 bits per heavy atom. The number of ether oxygens (including phenoxy) is 1. The van der Waals surface area contributed by atoms with Gasteiger partial charge in [0.1, 0.15) is 6.04 Å². The Morgan fingerprint density at radius 2 is 1.92 bits per heavy atom. The van der Waals surface area contributed by atoms with Crippen LogP contribution in [0.5, 0.6) is 0 Å². The molecule has 13 heavy (non-hydrogen) atoms. The summed E-state index contributed by atoms with van der Waals surface area (Å²) in [6.07, 6.45) is 1.87. The molecule has 0 rings (SSSR count). The fourth-order valence-electron chi connectivity index (χ4n) is 1.34. The Labute approximate surface area is 80.3 Å². The second kappa shape index (κ2) is 7.26. The van der Waals surface area contributed by atoms with Crippen molar-refractivity contribution in [3.05, 3.63) is 5.21 Å². The summed E-state index contributed by atoms with van der Waals surface area (Å²) in [5, 5.41) is 10.9.